The summed E-state index contributed by atoms with van der Waals surface area (Å²) >= 11 is 7.03. The van der Waals surface area contributed by atoms with Crippen molar-refractivity contribution in [2.75, 3.05) is 0 Å². The third kappa shape index (κ3) is 3.05. The zero-order chi connectivity index (χ0) is 13.2. The van der Waals surface area contributed by atoms with Crippen LogP contribution in [-0.2, 0) is 6.54 Å². The Balaban J connectivity index is 1.68. The molecule has 1 atom stereocenters. The van der Waals surface area contributed by atoms with E-state index < -0.39 is 0 Å². The van der Waals surface area contributed by atoms with Crippen molar-refractivity contribution in [1.29, 1.82) is 0 Å². The second kappa shape index (κ2) is 5.71. The summed E-state index contributed by atoms with van der Waals surface area (Å²) in [5, 5.41) is 4.67. The summed E-state index contributed by atoms with van der Waals surface area (Å²) in [6, 6.07) is 12.9. The number of thiophene rings is 1. The molecule has 0 radical (unpaired) electrons. The van der Waals surface area contributed by atoms with Gasteiger partial charge in [-0.1, -0.05) is 12.1 Å². The number of fused-ring (bicyclic) bond motifs is 1. The lowest BCUT2D eigenvalue weighted by molar-refractivity contribution is 0.582. The Morgan fingerprint density at radius 2 is 2.05 bits per heavy atom. The number of benzene rings is 1. The molecule has 3 rings (SSSR count). The Hall–Kier alpha value is -0.750. The highest BCUT2D eigenvalue weighted by Gasteiger charge is 2.09. The molecule has 1 aromatic carbocycles. The van der Waals surface area contributed by atoms with Gasteiger partial charge in [-0.3, -0.25) is 0 Å². The highest BCUT2D eigenvalue weighted by molar-refractivity contribution is 9.11. The van der Waals surface area contributed by atoms with E-state index in [2.05, 4.69) is 63.5 Å². The minimum Gasteiger partial charge on any atom is -0.303 e. The number of halogens is 1. The Morgan fingerprint density at radius 1 is 1.21 bits per heavy atom. The number of rotatable bonds is 4. The van der Waals surface area contributed by atoms with Crippen LogP contribution in [0, 0.1) is 0 Å². The van der Waals surface area contributed by atoms with Crippen LogP contribution in [-0.4, -0.2) is 4.98 Å². The molecule has 0 aliphatic carbocycles. The van der Waals surface area contributed by atoms with Crippen LogP contribution in [0.2, 0.25) is 0 Å². The van der Waals surface area contributed by atoms with Crippen molar-refractivity contribution in [3.8, 4) is 0 Å². The van der Waals surface area contributed by atoms with Gasteiger partial charge in [0.15, 0.2) is 0 Å². The summed E-state index contributed by atoms with van der Waals surface area (Å²) in [5.74, 6) is 0. The van der Waals surface area contributed by atoms with E-state index in [9.17, 15) is 0 Å². The Kier molecular flexibility index (Phi) is 3.98. The molecule has 2 aromatic heterocycles. The molecule has 0 spiro atoms. The molecule has 0 aliphatic heterocycles. The zero-order valence-corrected chi connectivity index (χ0v) is 13.6. The monoisotopic (exact) mass is 352 g/mol. The maximum Gasteiger partial charge on any atom is 0.108 e. The number of hydrogen-bond donors (Lipinski definition) is 1. The van der Waals surface area contributed by atoms with Crippen molar-refractivity contribution < 1.29 is 0 Å². The van der Waals surface area contributed by atoms with Crippen molar-refractivity contribution >= 4 is 48.8 Å². The average Bonchev–Trinajstić information content (AvgIpc) is 3.01. The number of hydrogen-bond acceptors (Lipinski definition) is 4. The van der Waals surface area contributed by atoms with E-state index in [1.54, 1.807) is 22.7 Å². The fourth-order valence-electron chi connectivity index (χ4n) is 1.90. The predicted octanol–water partition coefficient (Wildman–Crippen LogP) is 4.97. The summed E-state index contributed by atoms with van der Waals surface area (Å²) < 4.78 is 2.43. The lowest BCUT2D eigenvalue weighted by Crippen LogP contribution is -2.16. The largest absolute Gasteiger partial charge is 0.303 e. The molecule has 1 N–H and O–H groups in total. The van der Waals surface area contributed by atoms with Gasteiger partial charge in [-0.25, -0.2) is 4.98 Å². The topological polar surface area (TPSA) is 24.9 Å². The Bertz CT molecular complexity index is 656. The van der Waals surface area contributed by atoms with E-state index in [1.165, 1.54) is 13.4 Å². The number of nitrogens with one attached hydrogen (secondary N) is 1. The van der Waals surface area contributed by atoms with Gasteiger partial charge in [0.05, 0.1) is 14.0 Å². The SMILES string of the molecule is CC(NCc1nc2ccccc2s1)c1ccc(Br)s1. The lowest BCUT2D eigenvalue weighted by Gasteiger charge is -2.10. The number of aromatic nitrogens is 1. The minimum absolute atomic E-state index is 0.350. The highest BCUT2D eigenvalue weighted by Crippen LogP contribution is 2.28. The van der Waals surface area contributed by atoms with Gasteiger partial charge in [0.2, 0.25) is 0 Å². The molecule has 0 bridgehead atoms. The summed E-state index contributed by atoms with van der Waals surface area (Å²) in [4.78, 5) is 5.97. The maximum absolute atomic E-state index is 4.63. The first kappa shape index (κ1) is 13.2. The van der Waals surface area contributed by atoms with Gasteiger partial charge in [-0.15, -0.1) is 22.7 Å². The molecule has 0 amide bonds. The first-order valence-corrected chi connectivity index (χ1v) is 8.48. The van der Waals surface area contributed by atoms with Crippen molar-refractivity contribution in [2.24, 2.45) is 0 Å². The van der Waals surface area contributed by atoms with Gasteiger partial charge >= 0.3 is 0 Å². The van der Waals surface area contributed by atoms with Gasteiger partial charge in [0.1, 0.15) is 5.01 Å². The van der Waals surface area contributed by atoms with Gasteiger partial charge in [-0.05, 0) is 47.1 Å². The van der Waals surface area contributed by atoms with E-state index in [4.69, 9.17) is 0 Å². The first-order chi connectivity index (χ1) is 9.22. The summed E-state index contributed by atoms with van der Waals surface area (Å²) in [6.45, 7) is 3.00. The number of thiazole rings is 1. The van der Waals surface area contributed by atoms with Crippen LogP contribution in [0.25, 0.3) is 10.2 Å². The standard InChI is InChI=1S/C14H13BrN2S2/c1-9(11-6-7-13(15)18-11)16-8-14-17-10-4-2-3-5-12(10)19-14/h2-7,9,16H,8H2,1H3. The second-order valence-corrected chi connectivity index (χ2v) is 7.93. The van der Waals surface area contributed by atoms with Gasteiger partial charge in [-0.2, -0.15) is 0 Å². The number of para-hydroxylation sites is 1. The lowest BCUT2D eigenvalue weighted by atomic mass is 10.3. The molecule has 0 saturated carbocycles. The third-order valence-corrected chi connectivity index (χ3v) is 5.76. The molecule has 0 fully saturated rings. The van der Waals surface area contributed by atoms with Crippen LogP contribution in [0.5, 0.6) is 0 Å². The molecular weight excluding hydrogens is 340 g/mol. The van der Waals surface area contributed by atoms with Gasteiger partial charge in [0.25, 0.3) is 0 Å². The van der Waals surface area contributed by atoms with Crippen LogP contribution in [0.1, 0.15) is 22.9 Å². The molecule has 0 aliphatic rings. The van der Waals surface area contributed by atoms with E-state index in [1.807, 2.05) is 6.07 Å². The quantitative estimate of drug-likeness (QED) is 0.716. The van der Waals surface area contributed by atoms with E-state index in [-0.39, 0.29) is 0 Å². The molecule has 19 heavy (non-hydrogen) atoms. The highest BCUT2D eigenvalue weighted by atomic mass is 79.9. The van der Waals surface area contributed by atoms with Crippen LogP contribution < -0.4 is 5.32 Å². The van der Waals surface area contributed by atoms with Crippen molar-refractivity contribution in [2.45, 2.75) is 19.5 Å². The van der Waals surface area contributed by atoms with Crippen molar-refractivity contribution in [1.82, 2.24) is 10.3 Å². The van der Waals surface area contributed by atoms with Crippen LogP contribution in [0.15, 0.2) is 40.2 Å². The van der Waals surface area contributed by atoms with Gasteiger partial charge in [0, 0.05) is 17.5 Å². The normalized spacial score (nSPS) is 12.9. The molecule has 2 heterocycles. The van der Waals surface area contributed by atoms with E-state index in [0.717, 1.165) is 17.1 Å². The third-order valence-electron chi connectivity index (χ3n) is 2.92. The van der Waals surface area contributed by atoms with Crippen LogP contribution >= 0.6 is 38.6 Å². The van der Waals surface area contributed by atoms with Crippen molar-refractivity contribution in [3.63, 3.8) is 0 Å². The Morgan fingerprint density at radius 3 is 2.79 bits per heavy atom. The Labute approximate surface area is 128 Å². The number of nitrogens with zero attached hydrogens (tertiary/aromatic N) is 1. The van der Waals surface area contributed by atoms with E-state index in [0.29, 0.717) is 6.04 Å². The molecular formula is C14H13BrN2S2. The molecule has 3 aromatic rings. The molecule has 98 valence electrons. The molecule has 1 unspecified atom stereocenters. The van der Waals surface area contributed by atoms with Gasteiger partial charge < -0.3 is 5.32 Å². The average molecular weight is 353 g/mol. The second-order valence-electron chi connectivity index (χ2n) is 4.32. The first-order valence-electron chi connectivity index (χ1n) is 6.05. The molecule has 2 nitrogen and oxygen atoms in total. The predicted molar refractivity (Wildman–Crippen MR) is 86.9 cm³/mol. The minimum atomic E-state index is 0.350. The fraction of sp³-hybridized carbons (Fsp3) is 0.214. The van der Waals surface area contributed by atoms with Crippen LogP contribution in [0.4, 0.5) is 0 Å². The fourth-order valence-corrected chi connectivity index (χ4v) is 4.27. The zero-order valence-electron chi connectivity index (χ0n) is 10.4. The van der Waals surface area contributed by atoms with Crippen molar-refractivity contribution in [3.05, 3.63) is 50.1 Å². The maximum atomic E-state index is 4.63. The summed E-state index contributed by atoms with van der Waals surface area (Å²) in [5.41, 5.74) is 1.09. The molecule has 5 heteroatoms. The van der Waals surface area contributed by atoms with E-state index >= 15 is 0 Å². The smallest absolute Gasteiger partial charge is 0.108 e. The molecule has 0 saturated heterocycles. The summed E-state index contributed by atoms with van der Waals surface area (Å²) in [7, 11) is 0. The summed E-state index contributed by atoms with van der Waals surface area (Å²) in [6.07, 6.45) is 0. The van der Waals surface area contributed by atoms with Crippen LogP contribution in [0.3, 0.4) is 0 Å².